The molecule has 4 heterocycles. The number of rotatable bonds is 10. The summed E-state index contributed by atoms with van der Waals surface area (Å²) in [7, 11) is -3.97. The highest BCUT2D eigenvalue weighted by atomic mass is 32.2. The van der Waals surface area contributed by atoms with E-state index < -0.39 is 21.7 Å². The van der Waals surface area contributed by atoms with E-state index >= 15 is 0 Å². The molecule has 1 saturated heterocycles. The largest absolute Gasteiger partial charge is 0.494 e. The first kappa shape index (κ1) is 31.6. The molecule has 246 valence electrons. The van der Waals surface area contributed by atoms with Crippen molar-refractivity contribution >= 4 is 38.7 Å². The van der Waals surface area contributed by atoms with Gasteiger partial charge in [0, 0.05) is 28.7 Å². The number of carbonyl (C=O) groups is 2. The number of anilines is 1. The summed E-state index contributed by atoms with van der Waals surface area (Å²) in [5.41, 5.74) is 1.74. The Morgan fingerprint density at radius 1 is 1.10 bits per heavy atom. The first-order valence-corrected chi connectivity index (χ1v) is 17.8. The van der Waals surface area contributed by atoms with Gasteiger partial charge in [0.25, 0.3) is 11.8 Å². The van der Waals surface area contributed by atoms with Gasteiger partial charge in [0.15, 0.2) is 5.82 Å². The van der Waals surface area contributed by atoms with Crippen LogP contribution in [0.3, 0.4) is 0 Å². The number of tetrazole rings is 1. The highest BCUT2D eigenvalue weighted by Crippen LogP contribution is 2.37. The zero-order chi connectivity index (χ0) is 33.3. The number of hydrogen-bond acceptors (Lipinski definition) is 11. The molecular formula is C33H32N8O5S2. The highest BCUT2D eigenvalue weighted by Gasteiger charge is 2.33. The Hall–Kier alpha value is -4.99. The van der Waals surface area contributed by atoms with E-state index in [4.69, 9.17) is 4.74 Å². The minimum Gasteiger partial charge on any atom is -0.494 e. The van der Waals surface area contributed by atoms with Crippen molar-refractivity contribution in [2.24, 2.45) is 0 Å². The smallest absolute Gasteiger partial charge is 0.257 e. The second-order valence-electron chi connectivity index (χ2n) is 11.6. The van der Waals surface area contributed by atoms with Crippen molar-refractivity contribution in [3.8, 4) is 16.3 Å². The number of amides is 2. The first-order chi connectivity index (χ1) is 23.3. The predicted octanol–water partition coefficient (Wildman–Crippen LogP) is 4.57. The van der Waals surface area contributed by atoms with Crippen LogP contribution in [0.2, 0.25) is 0 Å². The molecule has 1 fully saturated rings. The third kappa shape index (κ3) is 6.19. The SMILES string of the molecule is Cc1c(C(=O)NCc2cnc(-c3ccc(OCCCN4CCCC4c4nn[nH]n4)cc3)s2)ccc2c1NC(=O)c1ccccc1S2(=O)=O. The van der Waals surface area contributed by atoms with E-state index in [1.807, 2.05) is 24.3 Å². The summed E-state index contributed by atoms with van der Waals surface area (Å²) in [6, 6.07) is 16.9. The molecule has 2 amide bonds. The fourth-order valence-corrected chi connectivity index (χ4v) is 8.66. The number of thiazole rings is 1. The molecule has 3 N–H and O–H groups in total. The van der Waals surface area contributed by atoms with Crippen molar-refractivity contribution in [2.45, 2.75) is 48.6 Å². The predicted molar refractivity (Wildman–Crippen MR) is 178 cm³/mol. The van der Waals surface area contributed by atoms with Crippen molar-refractivity contribution in [1.29, 1.82) is 0 Å². The van der Waals surface area contributed by atoms with Gasteiger partial charge in [0.05, 0.1) is 40.2 Å². The second kappa shape index (κ2) is 13.3. The molecule has 7 rings (SSSR count). The number of hydrogen-bond donors (Lipinski definition) is 3. The third-order valence-corrected chi connectivity index (χ3v) is 11.5. The van der Waals surface area contributed by atoms with Crippen LogP contribution in [0.25, 0.3) is 10.6 Å². The summed E-state index contributed by atoms with van der Waals surface area (Å²) in [6.45, 7) is 4.36. The summed E-state index contributed by atoms with van der Waals surface area (Å²) in [4.78, 5) is 33.8. The average Bonchev–Trinajstić information content (AvgIpc) is 3.88. The van der Waals surface area contributed by atoms with Gasteiger partial charge in [-0.05, 0) is 86.8 Å². The number of likely N-dealkylation sites (tertiary alicyclic amines) is 1. The van der Waals surface area contributed by atoms with Gasteiger partial charge in [-0.2, -0.15) is 5.21 Å². The number of benzene rings is 3. The number of ether oxygens (including phenoxy) is 1. The lowest BCUT2D eigenvalue weighted by Crippen LogP contribution is -2.26. The Morgan fingerprint density at radius 3 is 2.75 bits per heavy atom. The molecule has 0 aliphatic carbocycles. The van der Waals surface area contributed by atoms with E-state index in [9.17, 15) is 18.0 Å². The van der Waals surface area contributed by atoms with Crippen molar-refractivity contribution in [2.75, 3.05) is 25.0 Å². The number of aromatic amines is 1. The van der Waals surface area contributed by atoms with Crippen molar-refractivity contribution < 1.29 is 22.7 Å². The lowest BCUT2D eigenvalue weighted by Gasteiger charge is -2.21. The molecular weight excluding hydrogens is 653 g/mol. The number of carbonyl (C=O) groups excluding carboxylic acids is 2. The van der Waals surface area contributed by atoms with Gasteiger partial charge in [-0.15, -0.1) is 21.5 Å². The maximum atomic E-state index is 13.4. The number of sulfone groups is 1. The molecule has 13 nitrogen and oxygen atoms in total. The molecule has 0 radical (unpaired) electrons. The van der Waals surface area contributed by atoms with E-state index in [2.05, 4.69) is 41.1 Å². The number of aromatic nitrogens is 5. The molecule has 0 saturated carbocycles. The summed E-state index contributed by atoms with van der Waals surface area (Å²) in [5.74, 6) is 0.594. The summed E-state index contributed by atoms with van der Waals surface area (Å²) >= 11 is 1.46. The quantitative estimate of drug-likeness (QED) is 0.177. The fourth-order valence-electron chi connectivity index (χ4n) is 6.13. The second-order valence-corrected chi connectivity index (χ2v) is 14.6. The first-order valence-electron chi connectivity index (χ1n) is 15.5. The number of H-pyrrole nitrogens is 1. The van der Waals surface area contributed by atoms with E-state index in [0.717, 1.165) is 59.4 Å². The van der Waals surface area contributed by atoms with Gasteiger partial charge < -0.3 is 15.4 Å². The van der Waals surface area contributed by atoms with Crippen LogP contribution in [-0.2, 0) is 16.4 Å². The van der Waals surface area contributed by atoms with Crippen LogP contribution in [0, 0.1) is 6.92 Å². The molecule has 2 aliphatic rings. The molecule has 2 aromatic heterocycles. The average molecular weight is 685 g/mol. The van der Waals surface area contributed by atoms with Gasteiger partial charge in [-0.3, -0.25) is 14.5 Å². The molecule has 0 spiro atoms. The van der Waals surface area contributed by atoms with Crippen LogP contribution in [0.4, 0.5) is 5.69 Å². The summed E-state index contributed by atoms with van der Waals surface area (Å²) in [5, 5.41) is 20.9. The Morgan fingerprint density at radius 2 is 1.94 bits per heavy atom. The van der Waals surface area contributed by atoms with E-state index in [1.54, 1.807) is 25.3 Å². The number of nitrogens with one attached hydrogen (secondary N) is 3. The van der Waals surface area contributed by atoms with Gasteiger partial charge in [0.2, 0.25) is 9.84 Å². The minimum absolute atomic E-state index is 0.0458. The number of nitrogens with zero attached hydrogens (tertiary/aromatic N) is 5. The Labute approximate surface area is 280 Å². The third-order valence-electron chi connectivity index (χ3n) is 8.58. The highest BCUT2D eigenvalue weighted by molar-refractivity contribution is 7.91. The van der Waals surface area contributed by atoms with Crippen LogP contribution in [-0.4, -0.2) is 70.4 Å². The molecule has 5 aromatic rings. The Balaban J connectivity index is 0.937. The fraction of sp³-hybridized carbons (Fsp3) is 0.273. The molecule has 2 aliphatic heterocycles. The Kier molecular flexibility index (Phi) is 8.73. The zero-order valence-electron chi connectivity index (χ0n) is 26.0. The topological polar surface area (TPSA) is 172 Å². The van der Waals surface area contributed by atoms with Crippen molar-refractivity contribution in [3.05, 3.63) is 94.3 Å². The van der Waals surface area contributed by atoms with Crippen LogP contribution >= 0.6 is 11.3 Å². The minimum atomic E-state index is -3.97. The molecule has 48 heavy (non-hydrogen) atoms. The van der Waals surface area contributed by atoms with Gasteiger partial charge in [-0.25, -0.2) is 13.4 Å². The molecule has 3 aromatic carbocycles. The molecule has 15 heteroatoms. The van der Waals surface area contributed by atoms with Crippen LogP contribution in [0.5, 0.6) is 5.75 Å². The lowest BCUT2D eigenvalue weighted by molar-refractivity contribution is 0.0949. The summed E-state index contributed by atoms with van der Waals surface area (Å²) < 4.78 is 32.7. The van der Waals surface area contributed by atoms with E-state index in [1.165, 1.54) is 35.6 Å². The van der Waals surface area contributed by atoms with E-state index in [-0.39, 0.29) is 39.2 Å². The van der Waals surface area contributed by atoms with Crippen LogP contribution in [0.1, 0.15) is 62.3 Å². The molecule has 1 unspecified atom stereocenters. The summed E-state index contributed by atoms with van der Waals surface area (Å²) in [6.07, 6.45) is 4.75. The van der Waals surface area contributed by atoms with Gasteiger partial charge >= 0.3 is 0 Å². The monoisotopic (exact) mass is 684 g/mol. The normalized spacial score (nSPS) is 16.9. The van der Waals surface area contributed by atoms with Crippen LogP contribution in [0.15, 0.2) is 76.7 Å². The van der Waals surface area contributed by atoms with Crippen molar-refractivity contribution in [3.63, 3.8) is 0 Å². The maximum Gasteiger partial charge on any atom is 0.257 e. The molecule has 1 atom stereocenters. The lowest BCUT2D eigenvalue weighted by atomic mass is 10.1. The molecule has 0 bridgehead atoms. The maximum absolute atomic E-state index is 13.4. The number of fused-ring (bicyclic) bond motifs is 2. The van der Waals surface area contributed by atoms with Gasteiger partial charge in [0.1, 0.15) is 10.8 Å². The van der Waals surface area contributed by atoms with Gasteiger partial charge in [-0.1, -0.05) is 17.3 Å². The standard InChI is InChI=1S/C33H32N8O5S2/c1-20-24(13-14-28-29(20)36-32(43)25-6-2-3-8-27(25)48(28,44)45)31(42)34-18-23-19-35-33(47-23)21-9-11-22(12-10-21)46-17-5-16-41-15-4-7-26(41)30-37-39-40-38-30/h2-3,6,8-14,19,26H,4-5,7,15-18H2,1H3,(H,34,42)(H,36,43)(H,37,38,39,40). The van der Waals surface area contributed by atoms with Crippen LogP contribution < -0.4 is 15.4 Å². The zero-order valence-corrected chi connectivity index (χ0v) is 27.6. The van der Waals surface area contributed by atoms with Crippen molar-refractivity contribution in [1.82, 2.24) is 35.8 Å². The van der Waals surface area contributed by atoms with E-state index in [0.29, 0.717) is 12.2 Å². The Bertz CT molecular complexity index is 2080.